The van der Waals surface area contributed by atoms with E-state index in [2.05, 4.69) is 0 Å². The Labute approximate surface area is 143 Å². The quantitative estimate of drug-likeness (QED) is 0.528. The largest absolute Gasteiger partial charge is 0.454 e. The van der Waals surface area contributed by atoms with E-state index in [0.717, 1.165) is 27.7 Å². The number of hydrogen-bond acceptors (Lipinski definition) is 3. The lowest BCUT2D eigenvalue weighted by atomic mass is 9.66. The summed E-state index contributed by atoms with van der Waals surface area (Å²) in [7, 11) is 0. The van der Waals surface area contributed by atoms with E-state index >= 15 is 0 Å². The summed E-state index contributed by atoms with van der Waals surface area (Å²) < 4.78 is 85.8. The van der Waals surface area contributed by atoms with Crippen molar-refractivity contribution >= 4 is 5.97 Å². The van der Waals surface area contributed by atoms with Gasteiger partial charge in [0.05, 0.1) is 5.41 Å². The van der Waals surface area contributed by atoms with Crippen molar-refractivity contribution in [3.63, 3.8) is 0 Å². The third-order valence-electron chi connectivity index (χ3n) is 4.80. The minimum Gasteiger partial charge on any atom is -0.454 e. The van der Waals surface area contributed by atoms with Crippen molar-refractivity contribution in [3.05, 3.63) is 0 Å². The molecule has 0 aromatic carbocycles. The highest BCUT2D eigenvalue weighted by Gasteiger charge is 2.82. The van der Waals surface area contributed by atoms with Crippen molar-refractivity contribution in [1.29, 1.82) is 0 Å². The van der Waals surface area contributed by atoms with Gasteiger partial charge >= 0.3 is 18.3 Å². The van der Waals surface area contributed by atoms with Gasteiger partial charge in [-0.15, -0.1) is 0 Å². The third kappa shape index (κ3) is 3.75. The van der Waals surface area contributed by atoms with Gasteiger partial charge in [-0.2, -0.15) is 26.3 Å². The van der Waals surface area contributed by atoms with Crippen LogP contribution in [0.4, 0.5) is 26.3 Å². The Hall–Kier alpha value is -0.990. The first-order valence-corrected chi connectivity index (χ1v) is 7.92. The molecule has 0 aliphatic rings. The Morgan fingerprint density at radius 1 is 0.920 bits per heavy atom. The molecular weight excluding hydrogens is 354 g/mol. The zero-order valence-corrected chi connectivity index (χ0v) is 15.4. The predicted octanol–water partition coefficient (Wildman–Crippen LogP) is 4.87. The lowest BCUT2D eigenvalue weighted by molar-refractivity contribution is -0.425. The Balaban J connectivity index is 6.76. The highest BCUT2D eigenvalue weighted by molar-refractivity contribution is 5.76. The number of aliphatic hydroxyl groups is 1. The van der Waals surface area contributed by atoms with Crippen molar-refractivity contribution in [3.8, 4) is 0 Å². The van der Waals surface area contributed by atoms with Gasteiger partial charge < -0.3 is 9.84 Å². The van der Waals surface area contributed by atoms with Gasteiger partial charge in [-0.3, -0.25) is 4.79 Å². The molecule has 0 bridgehead atoms. The standard InChI is InChI=1S/C16H26F6O3/c1-8-12(6,7)11(23)25-13(9(2)3,10(4)5)14(24,15(17,18)19)16(20,21)22/h9-10,24H,8H2,1-7H3. The Morgan fingerprint density at radius 3 is 1.44 bits per heavy atom. The molecule has 1 N–H and O–H groups in total. The molecule has 0 saturated heterocycles. The fraction of sp³-hybridized carbons (Fsp3) is 0.938. The van der Waals surface area contributed by atoms with E-state index in [9.17, 15) is 36.2 Å². The highest BCUT2D eigenvalue weighted by Crippen LogP contribution is 2.56. The van der Waals surface area contributed by atoms with E-state index in [1.165, 1.54) is 13.8 Å². The Bertz CT molecular complexity index is 455. The zero-order chi connectivity index (χ0) is 20.6. The lowest BCUT2D eigenvalue weighted by Gasteiger charge is -2.52. The minimum absolute atomic E-state index is 0.134. The van der Waals surface area contributed by atoms with Crippen LogP contribution in [0.25, 0.3) is 0 Å². The normalized spacial score (nSPS) is 15.0. The topological polar surface area (TPSA) is 46.5 Å². The third-order valence-corrected chi connectivity index (χ3v) is 4.80. The first-order chi connectivity index (χ1) is 10.8. The van der Waals surface area contributed by atoms with Crippen LogP contribution in [0.15, 0.2) is 0 Å². The minimum atomic E-state index is -6.10. The molecule has 0 heterocycles. The molecule has 0 radical (unpaired) electrons. The van der Waals surface area contributed by atoms with Crippen molar-refractivity contribution in [2.45, 2.75) is 78.4 Å². The molecule has 9 heteroatoms. The van der Waals surface area contributed by atoms with Gasteiger partial charge in [0.25, 0.3) is 5.60 Å². The van der Waals surface area contributed by atoms with E-state index in [0.29, 0.717) is 0 Å². The second-order valence-corrected chi connectivity index (χ2v) is 7.44. The van der Waals surface area contributed by atoms with Crippen LogP contribution >= 0.6 is 0 Å². The molecule has 0 atom stereocenters. The fourth-order valence-electron chi connectivity index (χ4n) is 2.85. The number of carbonyl (C=O) groups excluding carboxylic acids is 1. The van der Waals surface area contributed by atoms with E-state index in [1.54, 1.807) is 6.92 Å². The number of rotatable bonds is 6. The summed E-state index contributed by atoms with van der Waals surface area (Å²) in [6.45, 7) is 8.45. The summed E-state index contributed by atoms with van der Waals surface area (Å²) in [5, 5.41) is 10.00. The number of hydrogen-bond donors (Lipinski definition) is 1. The predicted molar refractivity (Wildman–Crippen MR) is 79.6 cm³/mol. The molecule has 0 saturated carbocycles. The van der Waals surface area contributed by atoms with Gasteiger partial charge in [0.1, 0.15) is 0 Å². The molecule has 0 amide bonds. The Kier molecular flexibility index (Phi) is 6.69. The van der Waals surface area contributed by atoms with Gasteiger partial charge in [-0.1, -0.05) is 34.6 Å². The second kappa shape index (κ2) is 6.96. The van der Waals surface area contributed by atoms with Gasteiger partial charge in [-0.25, -0.2) is 0 Å². The average Bonchev–Trinajstić information content (AvgIpc) is 2.40. The summed E-state index contributed by atoms with van der Waals surface area (Å²) in [4.78, 5) is 12.4. The van der Waals surface area contributed by atoms with E-state index in [1.807, 2.05) is 0 Å². The van der Waals surface area contributed by atoms with E-state index in [4.69, 9.17) is 4.74 Å². The summed E-state index contributed by atoms with van der Waals surface area (Å²) in [6.07, 6.45) is -12.1. The molecule has 3 nitrogen and oxygen atoms in total. The second-order valence-electron chi connectivity index (χ2n) is 7.44. The van der Waals surface area contributed by atoms with Gasteiger partial charge in [-0.05, 0) is 32.1 Å². The maximum Gasteiger partial charge on any atom is 0.430 e. The molecule has 0 aliphatic heterocycles. The number of halogens is 6. The van der Waals surface area contributed by atoms with E-state index < -0.39 is 46.8 Å². The van der Waals surface area contributed by atoms with Crippen LogP contribution in [-0.4, -0.2) is 34.6 Å². The zero-order valence-electron chi connectivity index (χ0n) is 15.4. The van der Waals surface area contributed by atoms with Crippen LogP contribution < -0.4 is 0 Å². The van der Waals surface area contributed by atoms with Crippen LogP contribution in [0.1, 0.15) is 54.9 Å². The van der Waals surface area contributed by atoms with Crippen LogP contribution in [0, 0.1) is 17.3 Å². The lowest BCUT2D eigenvalue weighted by Crippen LogP contribution is -2.76. The number of esters is 1. The van der Waals surface area contributed by atoms with Crippen molar-refractivity contribution in [2.24, 2.45) is 17.3 Å². The molecular formula is C16H26F6O3. The van der Waals surface area contributed by atoms with Crippen molar-refractivity contribution < 1.29 is 41.0 Å². The van der Waals surface area contributed by atoms with Crippen molar-refractivity contribution in [1.82, 2.24) is 0 Å². The monoisotopic (exact) mass is 380 g/mol. The van der Waals surface area contributed by atoms with Gasteiger partial charge in [0.2, 0.25) is 0 Å². The number of carbonyl (C=O) groups is 1. The van der Waals surface area contributed by atoms with Crippen LogP contribution in [0.2, 0.25) is 0 Å². The summed E-state index contributed by atoms with van der Waals surface area (Å²) in [5.74, 6) is -4.18. The summed E-state index contributed by atoms with van der Waals surface area (Å²) >= 11 is 0. The van der Waals surface area contributed by atoms with Crippen LogP contribution in [-0.2, 0) is 9.53 Å². The SMILES string of the molecule is CCC(C)(C)C(=O)OC(C(C)C)(C(C)C)C(O)(C(F)(F)F)C(F)(F)F. The Morgan fingerprint density at radius 2 is 1.24 bits per heavy atom. The van der Waals surface area contributed by atoms with Crippen LogP contribution in [0.5, 0.6) is 0 Å². The maximum absolute atomic E-state index is 13.5. The fourth-order valence-corrected chi connectivity index (χ4v) is 2.85. The molecule has 0 spiro atoms. The van der Waals surface area contributed by atoms with E-state index in [-0.39, 0.29) is 6.42 Å². The molecule has 150 valence electrons. The molecule has 0 aromatic heterocycles. The molecule has 0 rings (SSSR count). The van der Waals surface area contributed by atoms with Gasteiger partial charge in [0, 0.05) is 0 Å². The number of alkyl halides is 6. The molecule has 0 unspecified atom stereocenters. The van der Waals surface area contributed by atoms with Gasteiger partial charge in [0.15, 0.2) is 5.60 Å². The van der Waals surface area contributed by atoms with Crippen molar-refractivity contribution in [2.75, 3.05) is 0 Å². The summed E-state index contributed by atoms with van der Waals surface area (Å²) in [6, 6.07) is 0. The maximum atomic E-state index is 13.5. The molecule has 0 aromatic rings. The highest BCUT2D eigenvalue weighted by atomic mass is 19.4. The molecule has 25 heavy (non-hydrogen) atoms. The first-order valence-electron chi connectivity index (χ1n) is 7.92. The number of ether oxygens (including phenoxy) is 1. The average molecular weight is 380 g/mol. The van der Waals surface area contributed by atoms with Crippen LogP contribution in [0.3, 0.4) is 0 Å². The smallest absolute Gasteiger partial charge is 0.430 e. The first kappa shape index (κ1) is 24.0. The molecule has 0 fully saturated rings. The molecule has 0 aliphatic carbocycles. The summed E-state index contributed by atoms with van der Waals surface area (Å²) in [5.41, 5.74) is -9.77.